The number of aromatic nitrogens is 2. The average molecular weight is 164 g/mol. The van der Waals surface area contributed by atoms with E-state index >= 15 is 0 Å². The molecule has 0 aromatic carbocycles. The molecule has 0 radical (unpaired) electrons. The van der Waals surface area contributed by atoms with Crippen LogP contribution >= 0.6 is 0 Å². The van der Waals surface area contributed by atoms with Gasteiger partial charge in [0.1, 0.15) is 5.84 Å². The maximum Gasteiger partial charge on any atom is 0.126 e. The van der Waals surface area contributed by atoms with Gasteiger partial charge in [-0.2, -0.15) is 5.10 Å². The van der Waals surface area contributed by atoms with E-state index in [0.29, 0.717) is 6.04 Å². The molecule has 0 amide bonds. The fraction of sp³-hybridized carbons (Fsp3) is 0.500. The van der Waals surface area contributed by atoms with E-state index in [-0.39, 0.29) is 5.84 Å². The Morgan fingerprint density at radius 3 is 2.83 bits per heavy atom. The van der Waals surface area contributed by atoms with Crippen LogP contribution in [0.4, 0.5) is 0 Å². The van der Waals surface area contributed by atoms with Gasteiger partial charge in [-0.1, -0.05) is 0 Å². The van der Waals surface area contributed by atoms with Crippen LogP contribution in [-0.2, 0) is 0 Å². The third-order valence-corrected chi connectivity index (χ3v) is 2.13. The molecule has 3 N–H and O–H groups in total. The molecule has 1 heterocycles. The predicted octanol–water partition coefficient (Wildman–Crippen LogP) is 0.810. The van der Waals surface area contributed by atoms with E-state index in [9.17, 15) is 0 Å². The van der Waals surface area contributed by atoms with Crippen LogP contribution in [-0.4, -0.2) is 15.6 Å². The molecule has 4 nitrogen and oxygen atoms in total. The number of nitrogens with one attached hydrogen (secondary N) is 1. The van der Waals surface area contributed by atoms with Crippen LogP contribution in [0.2, 0.25) is 0 Å². The third-order valence-electron chi connectivity index (χ3n) is 2.13. The molecular weight excluding hydrogens is 152 g/mol. The largest absolute Gasteiger partial charge is 0.384 e. The highest BCUT2D eigenvalue weighted by atomic mass is 15.3. The Kier molecular flexibility index (Phi) is 1.43. The van der Waals surface area contributed by atoms with E-state index in [4.69, 9.17) is 11.1 Å². The second-order valence-corrected chi connectivity index (χ2v) is 3.25. The fourth-order valence-corrected chi connectivity index (χ4v) is 1.27. The number of amidine groups is 1. The number of nitrogens with two attached hydrogens (primary N) is 1. The Balaban J connectivity index is 2.36. The lowest BCUT2D eigenvalue weighted by atomic mass is 10.2. The molecule has 1 aliphatic carbocycles. The summed E-state index contributed by atoms with van der Waals surface area (Å²) < 4.78 is 1.92. The monoisotopic (exact) mass is 164 g/mol. The van der Waals surface area contributed by atoms with Crippen molar-refractivity contribution in [1.29, 1.82) is 5.41 Å². The quantitative estimate of drug-likeness (QED) is 0.501. The zero-order valence-electron chi connectivity index (χ0n) is 7.04. The molecular formula is C8H12N4. The lowest BCUT2D eigenvalue weighted by molar-refractivity contribution is 0.635. The zero-order valence-corrected chi connectivity index (χ0v) is 7.04. The van der Waals surface area contributed by atoms with Crippen LogP contribution < -0.4 is 5.73 Å². The Hall–Kier alpha value is -1.32. The first-order valence-corrected chi connectivity index (χ1v) is 4.08. The normalized spacial score (nSPS) is 16.4. The van der Waals surface area contributed by atoms with Crippen LogP contribution in [0.3, 0.4) is 0 Å². The molecule has 64 valence electrons. The summed E-state index contributed by atoms with van der Waals surface area (Å²) in [5.41, 5.74) is 7.00. The van der Waals surface area contributed by atoms with Gasteiger partial charge in [0.15, 0.2) is 0 Å². The van der Waals surface area contributed by atoms with Crippen molar-refractivity contribution in [2.45, 2.75) is 25.8 Å². The molecule has 0 unspecified atom stereocenters. The van der Waals surface area contributed by atoms with Crippen LogP contribution in [0.1, 0.15) is 30.1 Å². The second-order valence-electron chi connectivity index (χ2n) is 3.25. The Morgan fingerprint density at radius 2 is 2.42 bits per heavy atom. The summed E-state index contributed by atoms with van der Waals surface area (Å²) in [6, 6.07) is 0.566. The van der Waals surface area contributed by atoms with Gasteiger partial charge < -0.3 is 5.73 Å². The van der Waals surface area contributed by atoms with E-state index < -0.39 is 0 Å². The fourth-order valence-electron chi connectivity index (χ4n) is 1.27. The molecule has 1 aliphatic rings. The van der Waals surface area contributed by atoms with Crippen LogP contribution in [0.25, 0.3) is 0 Å². The van der Waals surface area contributed by atoms with Crippen molar-refractivity contribution in [1.82, 2.24) is 9.78 Å². The number of hydrogen-bond donors (Lipinski definition) is 2. The van der Waals surface area contributed by atoms with Gasteiger partial charge in [0.25, 0.3) is 0 Å². The molecule has 12 heavy (non-hydrogen) atoms. The number of nitrogen functional groups attached to an aromatic ring is 1. The van der Waals surface area contributed by atoms with E-state index in [1.54, 1.807) is 0 Å². The molecule has 0 bridgehead atoms. The first-order chi connectivity index (χ1) is 5.68. The first-order valence-electron chi connectivity index (χ1n) is 4.08. The predicted molar refractivity (Wildman–Crippen MR) is 46.3 cm³/mol. The highest BCUT2D eigenvalue weighted by Gasteiger charge is 2.25. The van der Waals surface area contributed by atoms with Crippen molar-refractivity contribution >= 4 is 5.84 Å². The minimum Gasteiger partial charge on any atom is -0.384 e. The summed E-state index contributed by atoms with van der Waals surface area (Å²) in [7, 11) is 0. The van der Waals surface area contributed by atoms with Crippen molar-refractivity contribution in [3.63, 3.8) is 0 Å². The van der Waals surface area contributed by atoms with Gasteiger partial charge in [0.05, 0.1) is 17.3 Å². The van der Waals surface area contributed by atoms with Crippen molar-refractivity contribution in [2.75, 3.05) is 0 Å². The van der Waals surface area contributed by atoms with Gasteiger partial charge in [-0.3, -0.25) is 10.1 Å². The summed E-state index contributed by atoms with van der Waals surface area (Å²) in [6.07, 6.45) is 4.28. The minimum absolute atomic E-state index is 0.111. The Morgan fingerprint density at radius 1 is 1.75 bits per heavy atom. The van der Waals surface area contributed by atoms with Gasteiger partial charge in [-0.05, 0) is 19.8 Å². The highest BCUT2D eigenvalue weighted by Crippen LogP contribution is 2.34. The van der Waals surface area contributed by atoms with Crippen molar-refractivity contribution in [3.05, 3.63) is 17.5 Å². The summed E-state index contributed by atoms with van der Waals surface area (Å²) in [4.78, 5) is 0. The second kappa shape index (κ2) is 2.33. The first kappa shape index (κ1) is 7.34. The van der Waals surface area contributed by atoms with E-state index in [2.05, 4.69) is 5.10 Å². The van der Waals surface area contributed by atoms with Gasteiger partial charge in [0.2, 0.25) is 0 Å². The topological polar surface area (TPSA) is 67.7 Å². The molecule has 1 fully saturated rings. The molecule has 0 aliphatic heterocycles. The molecule has 1 saturated carbocycles. The third kappa shape index (κ3) is 1.09. The number of nitrogens with zero attached hydrogens (tertiary/aromatic N) is 2. The number of hydrogen-bond acceptors (Lipinski definition) is 2. The van der Waals surface area contributed by atoms with Gasteiger partial charge in [-0.25, -0.2) is 0 Å². The molecule has 1 aromatic rings. The summed E-state index contributed by atoms with van der Waals surface area (Å²) in [5.74, 6) is 0.111. The van der Waals surface area contributed by atoms with Crippen molar-refractivity contribution < 1.29 is 0 Å². The maximum absolute atomic E-state index is 7.28. The summed E-state index contributed by atoms with van der Waals surface area (Å²) in [5, 5.41) is 11.6. The van der Waals surface area contributed by atoms with Crippen molar-refractivity contribution in [3.8, 4) is 0 Å². The Bertz CT molecular complexity index is 322. The molecule has 2 rings (SSSR count). The minimum atomic E-state index is 0.111. The van der Waals surface area contributed by atoms with Gasteiger partial charge >= 0.3 is 0 Å². The van der Waals surface area contributed by atoms with Crippen LogP contribution in [0.5, 0.6) is 0 Å². The van der Waals surface area contributed by atoms with E-state index in [1.165, 1.54) is 12.8 Å². The molecule has 0 spiro atoms. The standard InChI is InChI=1S/C8H12N4/c1-5-7(8(9)10)4-12(11-5)6-2-3-6/h4,6H,2-3H2,1H3,(H3,9,10). The molecule has 1 aromatic heterocycles. The highest BCUT2D eigenvalue weighted by molar-refractivity contribution is 5.95. The molecule has 4 heteroatoms. The lowest BCUT2D eigenvalue weighted by Gasteiger charge is -1.92. The number of rotatable bonds is 2. The lowest BCUT2D eigenvalue weighted by Crippen LogP contribution is -2.11. The molecule has 0 atom stereocenters. The van der Waals surface area contributed by atoms with Gasteiger partial charge in [-0.15, -0.1) is 0 Å². The summed E-state index contributed by atoms with van der Waals surface area (Å²) in [6.45, 7) is 1.88. The zero-order chi connectivity index (χ0) is 8.72. The van der Waals surface area contributed by atoms with E-state index in [1.807, 2.05) is 17.8 Å². The van der Waals surface area contributed by atoms with Gasteiger partial charge in [0, 0.05) is 6.20 Å². The molecule has 0 saturated heterocycles. The van der Waals surface area contributed by atoms with Crippen LogP contribution in [0, 0.1) is 12.3 Å². The van der Waals surface area contributed by atoms with E-state index in [0.717, 1.165) is 11.3 Å². The number of aryl methyl sites for hydroxylation is 1. The Labute approximate surface area is 70.9 Å². The van der Waals surface area contributed by atoms with Crippen LogP contribution in [0.15, 0.2) is 6.20 Å². The summed E-state index contributed by atoms with van der Waals surface area (Å²) >= 11 is 0. The SMILES string of the molecule is Cc1nn(C2CC2)cc1C(=N)N. The van der Waals surface area contributed by atoms with Crippen molar-refractivity contribution in [2.24, 2.45) is 5.73 Å². The average Bonchev–Trinajstić information content (AvgIpc) is 2.75. The maximum atomic E-state index is 7.28. The smallest absolute Gasteiger partial charge is 0.126 e.